The van der Waals surface area contributed by atoms with Crippen molar-refractivity contribution < 1.29 is 9.32 Å². The molecule has 0 radical (unpaired) electrons. The minimum absolute atomic E-state index is 0.305. The van der Waals surface area contributed by atoms with E-state index in [1.807, 2.05) is 0 Å². The standard InChI is InChI=1S/C15H20N4O2S/c1-22(21)15-16-11-19(17-15)10-14(20)9-18-7-6-12-4-2-3-5-13(12)8-18/h2-5,11,14,20H,6-10H2,1H3/t14-,22+/m0/s1. The van der Waals surface area contributed by atoms with Gasteiger partial charge >= 0.3 is 0 Å². The van der Waals surface area contributed by atoms with Crippen molar-refractivity contribution in [1.29, 1.82) is 0 Å². The van der Waals surface area contributed by atoms with Crippen molar-refractivity contribution in [3.05, 3.63) is 41.7 Å². The normalized spacial score (nSPS) is 17.9. The van der Waals surface area contributed by atoms with Crippen LogP contribution in [-0.4, -0.2) is 54.4 Å². The highest BCUT2D eigenvalue weighted by atomic mass is 32.2. The molecule has 2 aromatic rings. The third kappa shape index (κ3) is 3.60. The van der Waals surface area contributed by atoms with Gasteiger partial charge in [-0.1, -0.05) is 24.3 Å². The Bertz CT molecular complexity index is 673. The zero-order valence-corrected chi connectivity index (χ0v) is 13.4. The van der Waals surface area contributed by atoms with Gasteiger partial charge < -0.3 is 5.11 Å². The summed E-state index contributed by atoms with van der Waals surface area (Å²) in [6.45, 7) is 2.78. The smallest absolute Gasteiger partial charge is 0.238 e. The van der Waals surface area contributed by atoms with Crippen LogP contribution in [-0.2, 0) is 30.3 Å². The third-order valence-corrected chi connectivity index (χ3v) is 4.55. The molecule has 22 heavy (non-hydrogen) atoms. The van der Waals surface area contributed by atoms with Gasteiger partial charge in [0.05, 0.1) is 23.4 Å². The molecule has 6 nitrogen and oxygen atoms in total. The lowest BCUT2D eigenvalue weighted by Crippen LogP contribution is -2.38. The second-order valence-electron chi connectivity index (χ2n) is 5.61. The van der Waals surface area contributed by atoms with E-state index in [1.54, 1.807) is 10.9 Å². The molecular formula is C15H20N4O2S. The maximum absolute atomic E-state index is 11.3. The Labute approximate surface area is 132 Å². The summed E-state index contributed by atoms with van der Waals surface area (Å²) in [6, 6.07) is 8.45. The molecule has 1 N–H and O–H groups in total. The van der Waals surface area contributed by atoms with Gasteiger partial charge in [0.15, 0.2) is 0 Å². The van der Waals surface area contributed by atoms with Gasteiger partial charge in [-0.15, -0.1) is 5.10 Å². The molecule has 0 amide bonds. The average Bonchev–Trinajstić information content (AvgIpc) is 2.95. The fourth-order valence-corrected chi connectivity index (χ4v) is 3.19. The lowest BCUT2D eigenvalue weighted by Gasteiger charge is -2.30. The van der Waals surface area contributed by atoms with Crippen LogP contribution in [0, 0.1) is 0 Å². The van der Waals surface area contributed by atoms with Crippen LogP contribution in [0.5, 0.6) is 0 Å². The van der Waals surface area contributed by atoms with E-state index in [0.29, 0.717) is 18.2 Å². The van der Waals surface area contributed by atoms with Crippen molar-refractivity contribution in [2.45, 2.75) is 30.8 Å². The molecule has 3 rings (SSSR count). The molecule has 7 heteroatoms. The number of hydrogen-bond acceptors (Lipinski definition) is 5. The number of aliphatic hydroxyl groups is 1. The molecule has 0 saturated carbocycles. The summed E-state index contributed by atoms with van der Waals surface area (Å²) in [5, 5.41) is 14.7. The number of rotatable bonds is 5. The number of β-amino-alcohol motifs (C(OH)–C–C–N with tert-alkyl or cyclic N) is 1. The van der Waals surface area contributed by atoms with Crippen LogP contribution in [0.4, 0.5) is 0 Å². The van der Waals surface area contributed by atoms with Gasteiger partial charge in [0, 0.05) is 25.9 Å². The SMILES string of the molecule is C[S@@](=O)c1ncn(C[C@@H](O)CN2CCc3ccccc3C2)n1. The second kappa shape index (κ2) is 6.68. The van der Waals surface area contributed by atoms with Crippen LogP contribution < -0.4 is 0 Å². The van der Waals surface area contributed by atoms with Crippen molar-refractivity contribution in [3.63, 3.8) is 0 Å². The number of hydrogen-bond donors (Lipinski definition) is 1. The minimum Gasteiger partial charge on any atom is -0.390 e. The molecule has 1 aromatic carbocycles. The van der Waals surface area contributed by atoms with E-state index in [-0.39, 0.29) is 0 Å². The van der Waals surface area contributed by atoms with Gasteiger partial charge in [-0.05, 0) is 17.5 Å². The van der Waals surface area contributed by atoms with E-state index in [2.05, 4.69) is 39.2 Å². The first-order chi connectivity index (χ1) is 10.6. The lowest BCUT2D eigenvalue weighted by atomic mass is 10.00. The summed E-state index contributed by atoms with van der Waals surface area (Å²) in [7, 11) is -1.19. The Morgan fingerprint density at radius 1 is 1.32 bits per heavy atom. The van der Waals surface area contributed by atoms with Crippen molar-refractivity contribution in [3.8, 4) is 0 Å². The van der Waals surface area contributed by atoms with Crippen molar-refractivity contribution in [2.24, 2.45) is 0 Å². The number of aliphatic hydroxyl groups excluding tert-OH is 1. The van der Waals surface area contributed by atoms with E-state index < -0.39 is 16.9 Å². The number of aromatic nitrogens is 3. The minimum atomic E-state index is -1.19. The summed E-state index contributed by atoms with van der Waals surface area (Å²) in [6.07, 6.45) is 3.56. The van der Waals surface area contributed by atoms with Gasteiger partial charge in [-0.25, -0.2) is 9.67 Å². The molecule has 0 unspecified atom stereocenters. The van der Waals surface area contributed by atoms with E-state index in [0.717, 1.165) is 19.5 Å². The Hall–Kier alpha value is -1.57. The van der Waals surface area contributed by atoms with Gasteiger partial charge in [0.2, 0.25) is 5.16 Å². The first-order valence-corrected chi connectivity index (χ1v) is 8.87. The molecule has 1 aliphatic heterocycles. The average molecular weight is 320 g/mol. The zero-order chi connectivity index (χ0) is 15.5. The van der Waals surface area contributed by atoms with Gasteiger partial charge in [0.25, 0.3) is 0 Å². The number of benzene rings is 1. The summed E-state index contributed by atoms with van der Waals surface area (Å²) in [5.74, 6) is 0. The Kier molecular flexibility index (Phi) is 4.66. The Morgan fingerprint density at radius 2 is 2.09 bits per heavy atom. The van der Waals surface area contributed by atoms with Crippen LogP contribution in [0.25, 0.3) is 0 Å². The summed E-state index contributed by atoms with van der Waals surface area (Å²) >= 11 is 0. The molecule has 2 heterocycles. The molecule has 0 fully saturated rings. The zero-order valence-electron chi connectivity index (χ0n) is 12.6. The van der Waals surface area contributed by atoms with Gasteiger partial charge in [0.1, 0.15) is 6.33 Å². The summed E-state index contributed by atoms with van der Waals surface area (Å²) < 4.78 is 12.8. The maximum atomic E-state index is 11.3. The van der Waals surface area contributed by atoms with E-state index in [9.17, 15) is 9.32 Å². The van der Waals surface area contributed by atoms with Crippen LogP contribution in [0.15, 0.2) is 35.7 Å². The van der Waals surface area contributed by atoms with E-state index in [1.165, 1.54) is 17.5 Å². The highest BCUT2D eigenvalue weighted by Gasteiger charge is 2.19. The highest BCUT2D eigenvalue weighted by Crippen LogP contribution is 2.18. The van der Waals surface area contributed by atoms with E-state index >= 15 is 0 Å². The monoisotopic (exact) mass is 320 g/mol. The lowest BCUT2D eigenvalue weighted by molar-refractivity contribution is 0.0885. The van der Waals surface area contributed by atoms with Gasteiger partial charge in [-0.3, -0.25) is 9.11 Å². The van der Waals surface area contributed by atoms with Crippen molar-refractivity contribution in [2.75, 3.05) is 19.3 Å². The number of fused-ring (bicyclic) bond motifs is 1. The predicted molar refractivity (Wildman–Crippen MR) is 83.8 cm³/mol. The molecule has 0 bridgehead atoms. The molecule has 1 aromatic heterocycles. The van der Waals surface area contributed by atoms with Crippen LogP contribution in [0.3, 0.4) is 0 Å². The first kappa shape index (κ1) is 15.3. The van der Waals surface area contributed by atoms with Gasteiger partial charge in [-0.2, -0.15) is 0 Å². The molecule has 0 aliphatic carbocycles. The Morgan fingerprint density at radius 3 is 2.82 bits per heavy atom. The van der Waals surface area contributed by atoms with E-state index in [4.69, 9.17) is 0 Å². The largest absolute Gasteiger partial charge is 0.390 e. The first-order valence-electron chi connectivity index (χ1n) is 7.32. The van der Waals surface area contributed by atoms with Crippen molar-refractivity contribution in [1.82, 2.24) is 19.7 Å². The number of nitrogens with zero attached hydrogens (tertiary/aromatic N) is 4. The second-order valence-corrected chi connectivity index (χ2v) is 6.88. The highest BCUT2D eigenvalue weighted by molar-refractivity contribution is 7.84. The molecule has 2 atom stereocenters. The fourth-order valence-electron chi connectivity index (χ4n) is 2.78. The topological polar surface area (TPSA) is 71.2 Å². The molecular weight excluding hydrogens is 300 g/mol. The fraction of sp³-hybridized carbons (Fsp3) is 0.467. The quantitative estimate of drug-likeness (QED) is 0.865. The summed E-state index contributed by atoms with van der Waals surface area (Å²) in [5.41, 5.74) is 2.74. The van der Waals surface area contributed by atoms with Crippen LogP contribution in [0.1, 0.15) is 11.1 Å². The molecule has 0 spiro atoms. The molecule has 1 aliphatic rings. The van der Waals surface area contributed by atoms with Crippen LogP contribution in [0.2, 0.25) is 0 Å². The molecule has 118 valence electrons. The van der Waals surface area contributed by atoms with Crippen molar-refractivity contribution >= 4 is 10.8 Å². The molecule has 0 saturated heterocycles. The Balaban J connectivity index is 1.56. The summed E-state index contributed by atoms with van der Waals surface area (Å²) in [4.78, 5) is 6.23. The predicted octanol–water partition coefficient (Wildman–Crippen LogP) is 0.435. The third-order valence-electron chi connectivity index (χ3n) is 3.85. The maximum Gasteiger partial charge on any atom is 0.238 e. The van der Waals surface area contributed by atoms with Crippen LogP contribution >= 0.6 is 0 Å².